The number of rotatable bonds is 6. The van der Waals surface area contributed by atoms with Gasteiger partial charge in [0.05, 0.1) is 0 Å². The molecule has 2 fully saturated rings. The van der Waals surface area contributed by atoms with E-state index in [1.807, 2.05) is 36.4 Å². The minimum atomic E-state index is -0.294. The molecule has 0 aliphatic carbocycles. The molecule has 0 radical (unpaired) electrons. The van der Waals surface area contributed by atoms with E-state index in [1.165, 1.54) is 0 Å². The first-order chi connectivity index (χ1) is 14.5. The molecule has 2 heterocycles. The number of hydrogen-bond donors (Lipinski definition) is 1. The van der Waals surface area contributed by atoms with Crippen LogP contribution in [-0.4, -0.2) is 53.2 Å². The normalized spacial score (nSPS) is 18.5. The quantitative estimate of drug-likeness (QED) is 0.773. The van der Waals surface area contributed by atoms with Crippen molar-refractivity contribution < 1.29 is 14.4 Å². The molecule has 2 aliphatic heterocycles. The summed E-state index contributed by atoms with van der Waals surface area (Å²) in [6.07, 6.45) is 2.36. The lowest BCUT2D eigenvalue weighted by molar-refractivity contribution is -0.154. The Kier molecular flexibility index (Phi) is 6.04. The fourth-order valence-corrected chi connectivity index (χ4v) is 4.18. The molecule has 2 aromatic carbocycles. The average molecular weight is 426 g/mol. The molecule has 0 bridgehead atoms. The molecule has 1 N–H and O–H groups in total. The second kappa shape index (κ2) is 8.88. The minimum Gasteiger partial charge on any atom is -0.352 e. The monoisotopic (exact) mass is 425 g/mol. The maximum atomic E-state index is 12.6. The summed E-state index contributed by atoms with van der Waals surface area (Å²) in [7, 11) is 0. The van der Waals surface area contributed by atoms with Gasteiger partial charge in [0.25, 0.3) is 5.91 Å². The van der Waals surface area contributed by atoms with Crippen molar-refractivity contribution in [3.63, 3.8) is 0 Å². The molecular weight excluding hydrogens is 402 g/mol. The Balaban J connectivity index is 1.30. The molecule has 30 heavy (non-hydrogen) atoms. The van der Waals surface area contributed by atoms with E-state index in [1.54, 1.807) is 21.9 Å². The van der Waals surface area contributed by atoms with Crippen LogP contribution in [-0.2, 0) is 22.6 Å². The van der Waals surface area contributed by atoms with Crippen LogP contribution in [0.2, 0.25) is 5.02 Å². The van der Waals surface area contributed by atoms with Crippen molar-refractivity contribution in [3.8, 4) is 0 Å². The number of hydrogen-bond acceptors (Lipinski definition) is 3. The lowest BCUT2D eigenvalue weighted by Gasteiger charge is -2.36. The summed E-state index contributed by atoms with van der Waals surface area (Å²) in [6, 6.07) is 14.5. The number of nitrogens with one attached hydrogen (secondary N) is 1. The number of carbonyl (C=O) groups is 3. The van der Waals surface area contributed by atoms with Gasteiger partial charge in [-0.15, -0.1) is 0 Å². The zero-order chi connectivity index (χ0) is 21.1. The fourth-order valence-electron chi connectivity index (χ4n) is 4.05. The molecule has 0 saturated carbocycles. The zero-order valence-corrected chi connectivity index (χ0v) is 17.4. The molecule has 3 amide bonds. The summed E-state index contributed by atoms with van der Waals surface area (Å²) in [6.45, 7) is 1.73. The van der Waals surface area contributed by atoms with Crippen molar-refractivity contribution in [2.75, 3.05) is 19.6 Å². The van der Waals surface area contributed by atoms with Crippen molar-refractivity contribution in [2.24, 2.45) is 0 Å². The first-order valence-corrected chi connectivity index (χ1v) is 10.6. The number of benzene rings is 2. The predicted molar refractivity (Wildman–Crippen MR) is 114 cm³/mol. The van der Waals surface area contributed by atoms with Crippen LogP contribution in [0.25, 0.3) is 0 Å². The molecule has 1 atom stereocenters. The predicted octanol–water partition coefficient (Wildman–Crippen LogP) is 2.65. The molecule has 2 saturated heterocycles. The van der Waals surface area contributed by atoms with Gasteiger partial charge in [-0.1, -0.05) is 35.9 Å². The standard InChI is InChI=1S/C23H24ClN3O3/c24-19-9-5-16(6-10-19)11-12-25-22(29)18-7-3-17(4-8-18)14-26-15-21(28)27-13-1-2-20(27)23(26)30/h3-10,20H,1-2,11-15H2,(H,25,29)/t20-/m1/s1. The van der Waals surface area contributed by atoms with Crippen LogP contribution < -0.4 is 5.32 Å². The van der Waals surface area contributed by atoms with Crippen LogP contribution in [0.4, 0.5) is 0 Å². The maximum absolute atomic E-state index is 12.6. The number of nitrogens with zero attached hydrogens (tertiary/aromatic N) is 2. The van der Waals surface area contributed by atoms with Gasteiger partial charge in [-0.3, -0.25) is 14.4 Å². The van der Waals surface area contributed by atoms with E-state index in [-0.39, 0.29) is 30.3 Å². The highest BCUT2D eigenvalue weighted by atomic mass is 35.5. The number of fused-ring (bicyclic) bond motifs is 1. The van der Waals surface area contributed by atoms with Gasteiger partial charge < -0.3 is 15.1 Å². The third kappa shape index (κ3) is 4.49. The summed E-state index contributed by atoms with van der Waals surface area (Å²) in [5, 5.41) is 3.61. The van der Waals surface area contributed by atoms with Crippen molar-refractivity contribution in [1.82, 2.24) is 15.1 Å². The van der Waals surface area contributed by atoms with Crippen LogP contribution in [0.3, 0.4) is 0 Å². The number of halogens is 1. The van der Waals surface area contributed by atoms with Gasteiger partial charge in [-0.2, -0.15) is 0 Å². The molecular formula is C23H24ClN3O3. The lowest BCUT2D eigenvalue weighted by atomic mass is 10.1. The molecule has 0 aromatic heterocycles. The SMILES string of the molecule is O=C(NCCc1ccc(Cl)cc1)c1ccc(CN2CC(=O)N3CCC[C@@H]3C2=O)cc1. The molecule has 7 heteroatoms. The second-order valence-electron chi connectivity index (χ2n) is 7.77. The van der Waals surface area contributed by atoms with Crippen molar-refractivity contribution in [3.05, 3.63) is 70.2 Å². The van der Waals surface area contributed by atoms with E-state index < -0.39 is 0 Å². The van der Waals surface area contributed by atoms with Crippen LogP contribution in [0.15, 0.2) is 48.5 Å². The molecule has 2 aliphatic rings. The van der Waals surface area contributed by atoms with Crippen LogP contribution in [0.1, 0.15) is 34.3 Å². The Labute approximate surface area is 180 Å². The Morgan fingerprint density at radius 3 is 2.47 bits per heavy atom. The Bertz CT molecular complexity index is 943. The Hall–Kier alpha value is -2.86. The van der Waals surface area contributed by atoms with Crippen molar-refractivity contribution >= 4 is 29.3 Å². The van der Waals surface area contributed by atoms with E-state index >= 15 is 0 Å². The van der Waals surface area contributed by atoms with Gasteiger partial charge in [-0.25, -0.2) is 0 Å². The highest BCUT2D eigenvalue weighted by molar-refractivity contribution is 6.30. The number of amides is 3. The van der Waals surface area contributed by atoms with Crippen LogP contribution in [0, 0.1) is 0 Å². The van der Waals surface area contributed by atoms with Gasteiger partial charge in [0.2, 0.25) is 11.8 Å². The summed E-state index contributed by atoms with van der Waals surface area (Å²) in [5.74, 6) is -0.0914. The first-order valence-electron chi connectivity index (χ1n) is 10.2. The summed E-state index contributed by atoms with van der Waals surface area (Å²) >= 11 is 5.88. The molecule has 6 nitrogen and oxygen atoms in total. The largest absolute Gasteiger partial charge is 0.352 e. The van der Waals surface area contributed by atoms with Crippen molar-refractivity contribution in [2.45, 2.75) is 31.8 Å². The van der Waals surface area contributed by atoms with E-state index in [0.29, 0.717) is 30.2 Å². The maximum Gasteiger partial charge on any atom is 0.251 e. The molecule has 156 valence electrons. The summed E-state index contributed by atoms with van der Waals surface area (Å²) in [5.41, 5.74) is 2.58. The van der Waals surface area contributed by atoms with E-state index in [9.17, 15) is 14.4 Å². The van der Waals surface area contributed by atoms with E-state index in [0.717, 1.165) is 30.4 Å². The van der Waals surface area contributed by atoms with Gasteiger partial charge >= 0.3 is 0 Å². The molecule has 2 aromatic rings. The van der Waals surface area contributed by atoms with Crippen LogP contribution >= 0.6 is 11.6 Å². The summed E-state index contributed by atoms with van der Waals surface area (Å²) < 4.78 is 0. The Morgan fingerprint density at radius 2 is 1.73 bits per heavy atom. The number of piperazine rings is 1. The lowest BCUT2D eigenvalue weighted by Crippen LogP contribution is -2.56. The zero-order valence-electron chi connectivity index (χ0n) is 16.6. The summed E-state index contributed by atoms with van der Waals surface area (Å²) in [4.78, 5) is 40.6. The molecule has 4 rings (SSSR count). The topological polar surface area (TPSA) is 69.7 Å². The minimum absolute atomic E-state index is 0.0220. The van der Waals surface area contributed by atoms with Gasteiger partial charge in [0, 0.05) is 30.2 Å². The van der Waals surface area contributed by atoms with Crippen LogP contribution in [0.5, 0.6) is 0 Å². The average Bonchev–Trinajstić information content (AvgIpc) is 3.25. The Morgan fingerprint density at radius 1 is 1.03 bits per heavy atom. The first kappa shape index (κ1) is 20.4. The fraction of sp³-hybridized carbons (Fsp3) is 0.348. The highest BCUT2D eigenvalue weighted by Crippen LogP contribution is 2.24. The molecule has 0 unspecified atom stereocenters. The van der Waals surface area contributed by atoms with E-state index in [2.05, 4.69) is 5.32 Å². The molecule has 0 spiro atoms. The second-order valence-corrected chi connectivity index (χ2v) is 8.21. The third-order valence-electron chi connectivity index (χ3n) is 5.70. The number of carbonyl (C=O) groups excluding carboxylic acids is 3. The highest BCUT2D eigenvalue weighted by Gasteiger charge is 2.41. The van der Waals surface area contributed by atoms with Crippen molar-refractivity contribution in [1.29, 1.82) is 0 Å². The smallest absolute Gasteiger partial charge is 0.251 e. The van der Waals surface area contributed by atoms with E-state index in [4.69, 9.17) is 11.6 Å². The van der Waals surface area contributed by atoms with Gasteiger partial charge in [-0.05, 0) is 54.7 Å². The van der Waals surface area contributed by atoms with Gasteiger partial charge in [0.1, 0.15) is 12.6 Å². The third-order valence-corrected chi connectivity index (χ3v) is 5.95. The van der Waals surface area contributed by atoms with Gasteiger partial charge in [0.15, 0.2) is 0 Å².